The molecule has 6 heteroatoms. The van der Waals surface area contributed by atoms with Crippen molar-refractivity contribution in [2.75, 3.05) is 7.11 Å². The van der Waals surface area contributed by atoms with Crippen molar-refractivity contribution in [3.8, 4) is 0 Å². The lowest BCUT2D eigenvalue weighted by molar-refractivity contribution is 0.0601. The van der Waals surface area contributed by atoms with E-state index in [4.69, 9.17) is 0 Å². The summed E-state index contributed by atoms with van der Waals surface area (Å²) in [5.74, 6) is -0.458. The Morgan fingerprint density at radius 2 is 1.67 bits per heavy atom. The first-order valence-corrected chi connectivity index (χ1v) is 8.98. The van der Waals surface area contributed by atoms with E-state index in [1.807, 2.05) is 13.8 Å². The first-order valence-electron chi connectivity index (χ1n) is 7.54. The predicted molar refractivity (Wildman–Crippen MR) is 93.7 cm³/mol. The molecule has 1 aromatic heterocycles. The number of rotatable bonds is 3. The summed E-state index contributed by atoms with van der Waals surface area (Å²) >= 11 is 0. The van der Waals surface area contributed by atoms with Gasteiger partial charge in [-0.1, -0.05) is 32.0 Å². The van der Waals surface area contributed by atoms with Gasteiger partial charge in [-0.2, -0.15) is 0 Å². The van der Waals surface area contributed by atoms with Crippen LogP contribution in [-0.2, 0) is 14.8 Å². The van der Waals surface area contributed by atoms with E-state index in [0.29, 0.717) is 16.5 Å². The topological polar surface area (TPSA) is 65.4 Å². The van der Waals surface area contributed by atoms with Crippen LogP contribution >= 0.6 is 0 Å². The Morgan fingerprint density at radius 1 is 1.00 bits per heavy atom. The van der Waals surface area contributed by atoms with Crippen molar-refractivity contribution in [3.63, 3.8) is 0 Å². The van der Waals surface area contributed by atoms with Crippen LogP contribution in [0.1, 0.15) is 24.2 Å². The Kier molecular flexibility index (Phi) is 5.41. The van der Waals surface area contributed by atoms with Crippen molar-refractivity contribution in [1.29, 1.82) is 0 Å². The molecule has 0 spiro atoms. The maximum Gasteiger partial charge on any atom is 0.337 e. The minimum Gasteiger partial charge on any atom is -0.465 e. The van der Waals surface area contributed by atoms with Gasteiger partial charge >= 0.3 is 5.97 Å². The number of methoxy groups -OCH3 is 1. The lowest BCUT2D eigenvalue weighted by Crippen LogP contribution is -2.11. The summed E-state index contributed by atoms with van der Waals surface area (Å²) in [6.45, 7) is 4.00. The molecule has 0 atom stereocenters. The number of benzene rings is 2. The maximum absolute atomic E-state index is 12.7. The molecule has 24 heavy (non-hydrogen) atoms. The Hall–Kier alpha value is -2.60. The second-order valence-corrected chi connectivity index (χ2v) is 6.51. The number of aromatic nitrogens is 1. The van der Waals surface area contributed by atoms with Crippen molar-refractivity contribution < 1.29 is 17.9 Å². The first kappa shape index (κ1) is 17.7. The molecule has 0 bridgehead atoms. The first-order chi connectivity index (χ1) is 11.5. The summed E-state index contributed by atoms with van der Waals surface area (Å²) in [7, 11) is -2.36. The molecule has 3 aromatic rings. The Labute approximate surface area is 141 Å². The Morgan fingerprint density at radius 3 is 2.29 bits per heavy atom. The predicted octanol–water partition coefficient (Wildman–Crippen LogP) is 3.69. The van der Waals surface area contributed by atoms with Gasteiger partial charge in [0.2, 0.25) is 0 Å². The van der Waals surface area contributed by atoms with E-state index < -0.39 is 16.0 Å². The van der Waals surface area contributed by atoms with Gasteiger partial charge < -0.3 is 4.74 Å². The molecule has 5 nitrogen and oxygen atoms in total. The molecule has 0 saturated carbocycles. The van der Waals surface area contributed by atoms with E-state index in [0.717, 1.165) is 0 Å². The second-order valence-electron chi connectivity index (χ2n) is 4.69. The molecule has 3 rings (SSSR count). The van der Waals surface area contributed by atoms with Crippen LogP contribution in [0.4, 0.5) is 0 Å². The summed E-state index contributed by atoms with van der Waals surface area (Å²) in [6.07, 6.45) is 1.48. The van der Waals surface area contributed by atoms with E-state index in [9.17, 15) is 13.2 Å². The fraction of sp³-hybridized carbons (Fsp3) is 0.167. The molecule has 0 aliphatic rings. The lowest BCUT2D eigenvalue weighted by atomic mass is 10.1. The van der Waals surface area contributed by atoms with Gasteiger partial charge in [0.05, 0.1) is 23.1 Å². The summed E-state index contributed by atoms with van der Waals surface area (Å²) in [4.78, 5) is 11.7. The van der Waals surface area contributed by atoms with Crippen molar-refractivity contribution >= 4 is 26.9 Å². The van der Waals surface area contributed by atoms with Gasteiger partial charge in [-0.3, -0.25) is 0 Å². The number of hydrogen-bond acceptors (Lipinski definition) is 4. The fourth-order valence-corrected chi connectivity index (χ4v) is 3.65. The average Bonchev–Trinajstić information content (AvgIpc) is 3.07. The molecule has 0 radical (unpaired) electrons. The smallest absolute Gasteiger partial charge is 0.337 e. The molecule has 0 unspecified atom stereocenters. The number of carbonyl (C=O) groups is 1. The van der Waals surface area contributed by atoms with Crippen LogP contribution in [0.5, 0.6) is 0 Å². The minimum atomic E-state index is -3.66. The van der Waals surface area contributed by atoms with E-state index in [2.05, 4.69) is 4.74 Å². The summed E-state index contributed by atoms with van der Waals surface area (Å²) in [5, 5.41) is 0.655. The number of nitrogens with zero attached hydrogens (tertiary/aromatic N) is 1. The van der Waals surface area contributed by atoms with E-state index in [1.165, 1.54) is 17.3 Å². The van der Waals surface area contributed by atoms with Gasteiger partial charge in [-0.15, -0.1) is 0 Å². The lowest BCUT2D eigenvalue weighted by Gasteiger charge is -2.07. The number of fused-ring (bicyclic) bond motifs is 1. The van der Waals surface area contributed by atoms with Gasteiger partial charge in [0.25, 0.3) is 10.0 Å². The van der Waals surface area contributed by atoms with Gasteiger partial charge in [0.15, 0.2) is 0 Å². The van der Waals surface area contributed by atoms with Crippen LogP contribution in [0.25, 0.3) is 10.9 Å². The van der Waals surface area contributed by atoms with Crippen molar-refractivity contribution in [3.05, 3.63) is 66.4 Å². The molecule has 0 aliphatic heterocycles. The maximum atomic E-state index is 12.7. The zero-order chi connectivity index (χ0) is 17.7. The number of hydrogen-bond donors (Lipinski definition) is 0. The molecule has 0 fully saturated rings. The van der Waals surface area contributed by atoms with Gasteiger partial charge in [0, 0.05) is 11.6 Å². The third kappa shape index (κ3) is 3.19. The Bertz CT molecular complexity index is 944. The van der Waals surface area contributed by atoms with Gasteiger partial charge in [0.1, 0.15) is 0 Å². The molecule has 2 aromatic carbocycles. The van der Waals surface area contributed by atoms with Crippen molar-refractivity contribution in [2.45, 2.75) is 18.7 Å². The van der Waals surface area contributed by atoms with Gasteiger partial charge in [-0.05, 0) is 36.4 Å². The molecular formula is C18H19NO4S. The highest BCUT2D eigenvalue weighted by atomic mass is 32.2. The minimum absolute atomic E-state index is 0.213. The molecular weight excluding hydrogens is 326 g/mol. The third-order valence-corrected chi connectivity index (χ3v) is 5.08. The molecule has 0 saturated heterocycles. The van der Waals surface area contributed by atoms with Crippen LogP contribution in [0.2, 0.25) is 0 Å². The zero-order valence-corrected chi connectivity index (χ0v) is 14.6. The number of ether oxygens (including phenoxy) is 1. The highest BCUT2D eigenvalue weighted by Crippen LogP contribution is 2.23. The quantitative estimate of drug-likeness (QED) is 0.679. The van der Waals surface area contributed by atoms with E-state index in [1.54, 1.807) is 54.6 Å². The highest BCUT2D eigenvalue weighted by molar-refractivity contribution is 7.90. The SMILES string of the molecule is CC.COC(=O)c1ccc2c(ccn2S(=O)(=O)c2ccccc2)c1. The molecule has 0 aliphatic carbocycles. The summed E-state index contributed by atoms with van der Waals surface area (Å²) in [5.41, 5.74) is 0.890. The van der Waals surface area contributed by atoms with Crippen molar-refractivity contribution in [2.24, 2.45) is 0 Å². The number of carbonyl (C=O) groups excluding carboxylic acids is 1. The van der Waals surface area contributed by atoms with Crippen LogP contribution < -0.4 is 0 Å². The average molecular weight is 345 g/mol. The van der Waals surface area contributed by atoms with Crippen LogP contribution in [0, 0.1) is 0 Å². The van der Waals surface area contributed by atoms with Crippen LogP contribution in [0.3, 0.4) is 0 Å². The van der Waals surface area contributed by atoms with Gasteiger partial charge in [-0.25, -0.2) is 17.2 Å². The largest absolute Gasteiger partial charge is 0.465 e. The Balaban J connectivity index is 0.00000100. The second kappa shape index (κ2) is 7.31. The normalized spacial score (nSPS) is 10.8. The molecule has 126 valence electrons. The van der Waals surface area contributed by atoms with E-state index >= 15 is 0 Å². The van der Waals surface area contributed by atoms with E-state index in [-0.39, 0.29) is 4.90 Å². The highest BCUT2D eigenvalue weighted by Gasteiger charge is 2.19. The summed E-state index contributed by atoms with van der Waals surface area (Å²) < 4.78 is 31.2. The van der Waals surface area contributed by atoms with Crippen molar-refractivity contribution in [1.82, 2.24) is 3.97 Å². The fourth-order valence-electron chi connectivity index (χ4n) is 2.28. The summed E-state index contributed by atoms with van der Waals surface area (Å²) in [6, 6.07) is 14.6. The third-order valence-electron chi connectivity index (χ3n) is 3.38. The standard InChI is InChI=1S/C16H13NO4S.C2H6/c1-21-16(18)13-7-8-15-12(11-13)9-10-17(15)22(19,20)14-5-3-2-4-6-14;1-2/h2-11H,1H3;1-2H3. The number of esters is 1. The van der Waals surface area contributed by atoms with Crippen LogP contribution in [-0.4, -0.2) is 25.5 Å². The molecule has 1 heterocycles. The zero-order valence-electron chi connectivity index (χ0n) is 13.8. The monoisotopic (exact) mass is 345 g/mol. The molecule has 0 amide bonds. The molecule has 0 N–H and O–H groups in total. The van der Waals surface area contributed by atoms with Crippen LogP contribution in [0.15, 0.2) is 65.7 Å².